The van der Waals surface area contributed by atoms with Crippen molar-refractivity contribution < 1.29 is 14.4 Å². The molecular formula is C24H27N3O3S. The number of likely N-dealkylation sites (tertiary alicyclic amines) is 1. The molecule has 0 saturated carbocycles. The van der Waals surface area contributed by atoms with Crippen LogP contribution < -0.4 is 0 Å². The number of carbonyl (C=O) groups is 3. The highest BCUT2D eigenvalue weighted by Crippen LogP contribution is 2.34. The number of piperidine rings is 1. The summed E-state index contributed by atoms with van der Waals surface area (Å²) in [7, 11) is 0. The summed E-state index contributed by atoms with van der Waals surface area (Å²) in [6, 6.07) is 10.3. The quantitative estimate of drug-likeness (QED) is 0.663. The lowest BCUT2D eigenvalue weighted by Gasteiger charge is -2.27. The second-order valence-corrected chi connectivity index (χ2v) is 9.20. The number of aromatic nitrogens is 1. The van der Waals surface area contributed by atoms with Crippen molar-refractivity contribution in [2.45, 2.75) is 40.0 Å². The molecule has 0 radical (unpaired) electrons. The minimum atomic E-state index is -0.388. The van der Waals surface area contributed by atoms with E-state index in [1.54, 1.807) is 11.0 Å². The smallest absolute Gasteiger partial charge is 0.294 e. The Bertz CT molecular complexity index is 1060. The number of carbonyl (C=O) groups excluding carboxylic acids is 3. The molecule has 0 atom stereocenters. The van der Waals surface area contributed by atoms with E-state index in [0.29, 0.717) is 18.0 Å². The van der Waals surface area contributed by atoms with Crippen LogP contribution in [-0.2, 0) is 9.59 Å². The highest BCUT2D eigenvalue weighted by atomic mass is 32.2. The van der Waals surface area contributed by atoms with E-state index < -0.39 is 0 Å². The van der Waals surface area contributed by atoms with Gasteiger partial charge in [0.05, 0.1) is 4.91 Å². The van der Waals surface area contributed by atoms with Gasteiger partial charge in [0.2, 0.25) is 5.91 Å². The molecule has 2 fully saturated rings. The van der Waals surface area contributed by atoms with E-state index in [1.165, 1.54) is 5.56 Å². The van der Waals surface area contributed by atoms with E-state index in [1.807, 2.05) is 19.9 Å². The summed E-state index contributed by atoms with van der Waals surface area (Å²) in [5, 5.41) is -0.381. The third-order valence-electron chi connectivity index (χ3n) is 5.92. The van der Waals surface area contributed by atoms with Gasteiger partial charge in [-0.25, -0.2) is 0 Å². The number of hydrogen-bond acceptors (Lipinski definition) is 4. The minimum Gasteiger partial charge on any atom is -0.341 e. The van der Waals surface area contributed by atoms with E-state index >= 15 is 0 Å². The molecule has 3 heterocycles. The van der Waals surface area contributed by atoms with Crippen molar-refractivity contribution in [1.82, 2.24) is 14.4 Å². The van der Waals surface area contributed by atoms with Crippen molar-refractivity contribution in [2.24, 2.45) is 0 Å². The van der Waals surface area contributed by atoms with Gasteiger partial charge in [-0.1, -0.05) is 17.7 Å². The first-order chi connectivity index (χ1) is 14.8. The fraction of sp³-hybridized carbons (Fsp3) is 0.375. The second kappa shape index (κ2) is 8.75. The van der Waals surface area contributed by atoms with Crippen LogP contribution in [0.5, 0.6) is 0 Å². The maximum Gasteiger partial charge on any atom is 0.294 e. The summed E-state index contributed by atoms with van der Waals surface area (Å²) in [6.45, 7) is 7.31. The number of thioether (sulfide) groups is 1. The van der Waals surface area contributed by atoms with E-state index in [4.69, 9.17) is 0 Å². The van der Waals surface area contributed by atoms with Crippen molar-refractivity contribution in [1.29, 1.82) is 0 Å². The van der Waals surface area contributed by atoms with E-state index in [0.717, 1.165) is 58.6 Å². The molecule has 0 bridgehead atoms. The first kappa shape index (κ1) is 21.4. The SMILES string of the molecule is Cc1ccc(-n2c(C)cc(C=C3SC(=O)N(CC(=O)N4CCCCC4)C3=O)c2C)cc1. The Hall–Kier alpha value is -2.80. The number of nitrogens with zero attached hydrogens (tertiary/aromatic N) is 3. The molecule has 0 spiro atoms. The summed E-state index contributed by atoms with van der Waals surface area (Å²) >= 11 is 0.905. The predicted molar refractivity (Wildman–Crippen MR) is 123 cm³/mol. The van der Waals surface area contributed by atoms with Crippen molar-refractivity contribution in [3.63, 3.8) is 0 Å². The summed E-state index contributed by atoms with van der Waals surface area (Å²) in [5.74, 6) is -0.540. The molecule has 162 valence electrons. The Balaban J connectivity index is 1.55. The van der Waals surface area contributed by atoms with Gasteiger partial charge in [0.15, 0.2) is 0 Å². The van der Waals surface area contributed by atoms with Gasteiger partial charge in [0, 0.05) is 30.2 Å². The van der Waals surface area contributed by atoms with Crippen LogP contribution in [0.15, 0.2) is 35.2 Å². The molecule has 2 aliphatic rings. The van der Waals surface area contributed by atoms with E-state index in [2.05, 4.69) is 35.8 Å². The lowest BCUT2D eigenvalue weighted by Crippen LogP contribution is -2.44. The van der Waals surface area contributed by atoms with Gasteiger partial charge in [-0.15, -0.1) is 0 Å². The molecular weight excluding hydrogens is 410 g/mol. The normalized spacial score (nSPS) is 18.4. The number of rotatable bonds is 4. The first-order valence-electron chi connectivity index (χ1n) is 10.6. The molecule has 0 N–H and O–H groups in total. The van der Waals surface area contributed by atoms with Gasteiger partial charge in [-0.05, 0) is 81.6 Å². The molecule has 1 aromatic carbocycles. The van der Waals surface area contributed by atoms with Gasteiger partial charge >= 0.3 is 0 Å². The van der Waals surface area contributed by atoms with Crippen molar-refractivity contribution in [3.05, 3.63) is 57.8 Å². The highest BCUT2D eigenvalue weighted by Gasteiger charge is 2.37. The second-order valence-electron chi connectivity index (χ2n) is 8.21. The largest absolute Gasteiger partial charge is 0.341 e. The van der Waals surface area contributed by atoms with Crippen LogP contribution in [0.3, 0.4) is 0 Å². The van der Waals surface area contributed by atoms with Crippen LogP contribution >= 0.6 is 11.8 Å². The van der Waals surface area contributed by atoms with Crippen LogP contribution in [0.2, 0.25) is 0 Å². The van der Waals surface area contributed by atoms with E-state index in [9.17, 15) is 14.4 Å². The summed E-state index contributed by atoms with van der Waals surface area (Å²) in [6.07, 6.45) is 4.84. The fourth-order valence-corrected chi connectivity index (χ4v) is 5.01. The van der Waals surface area contributed by atoms with Crippen LogP contribution in [0.4, 0.5) is 4.79 Å². The van der Waals surface area contributed by atoms with Crippen LogP contribution in [0, 0.1) is 20.8 Å². The number of benzene rings is 1. The average Bonchev–Trinajstić information content (AvgIpc) is 3.19. The molecule has 2 aliphatic heterocycles. The van der Waals surface area contributed by atoms with Gasteiger partial charge in [-0.3, -0.25) is 19.3 Å². The Morgan fingerprint density at radius 2 is 1.71 bits per heavy atom. The predicted octanol–water partition coefficient (Wildman–Crippen LogP) is 4.45. The van der Waals surface area contributed by atoms with Crippen LogP contribution in [0.1, 0.15) is 41.8 Å². The third-order valence-corrected chi connectivity index (χ3v) is 6.83. The molecule has 2 saturated heterocycles. The number of aryl methyl sites for hydroxylation is 2. The zero-order valence-electron chi connectivity index (χ0n) is 18.2. The Morgan fingerprint density at radius 3 is 2.39 bits per heavy atom. The molecule has 1 aromatic heterocycles. The number of imide groups is 1. The Kier molecular flexibility index (Phi) is 6.05. The van der Waals surface area contributed by atoms with E-state index in [-0.39, 0.29) is 23.6 Å². The molecule has 0 unspecified atom stereocenters. The molecule has 2 aromatic rings. The first-order valence-corrected chi connectivity index (χ1v) is 11.5. The molecule has 7 heteroatoms. The topological polar surface area (TPSA) is 62.6 Å². The molecule has 31 heavy (non-hydrogen) atoms. The standard InChI is InChI=1S/C24H27N3O3S/c1-16-7-9-20(10-8-16)27-17(2)13-19(18(27)3)14-21-23(29)26(24(30)31-21)15-22(28)25-11-5-4-6-12-25/h7-10,13-14H,4-6,11-12,15H2,1-3H3. The van der Waals surface area contributed by atoms with Crippen molar-refractivity contribution >= 4 is 34.9 Å². The molecule has 3 amide bonds. The molecule has 0 aliphatic carbocycles. The van der Waals surface area contributed by atoms with Gasteiger partial charge in [0.25, 0.3) is 11.1 Å². The molecule has 4 rings (SSSR count). The van der Waals surface area contributed by atoms with Crippen molar-refractivity contribution in [2.75, 3.05) is 19.6 Å². The summed E-state index contributed by atoms with van der Waals surface area (Å²) in [4.78, 5) is 41.1. The summed E-state index contributed by atoms with van der Waals surface area (Å²) < 4.78 is 2.13. The lowest BCUT2D eigenvalue weighted by atomic mass is 10.1. The average molecular weight is 438 g/mol. The minimum absolute atomic E-state index is 0.152. The number of amides is 3. The van der Waals surface area contributed by atoms with Gasteiger partial charge < -0.3 is 9.47 Å². The van der Waals surface area contributed by atoms with Gasteiger partial charge in [-0.2, -0.15) is 0 Å². The fourth-order valence-electron chi connectivity index (χ4n) is 4.18. The van der Waals surface area contributed by atoms with Crippen molar-refractivity contribution in [3.8, 4) is 5.69 Å². The highest BCUT2D eigenvalue weighted by molar-refractivity contribution is 8.18. The van der Waals surface area contributed by atoms with Crippen LogP contribution in [0.25, 0.3) is 11.8 Å². The zero-order valence-corrected chi connectivity index (χ0v) is 19.0. The third kappa shape index (κ3) is 4.32. The lowest BCUT2D eigenvalue weighted by molar-refractivity contribution is -0.136. The Morgan fingerprint density at radius 1 is 1.03 bits per heavy atom. The zero-order chi connectivity index (χ0) is 22.1. The monoisotopic (exact) mass is 437 g/mol. The van der Waals surface area contributed by atoms with Crippen LogP contribution in [-0.4, -0.2) is 51.1 Å². The summed E-state index contributed by atoms with van der Waals surface area (Å²) in [5.41, 5.74) is 5.19. The van der Waals surface area contributed by atoms with Gasteiger partial charge in [0.1, 0.15) is 6.54 Å². The maximum atomic E-state index is 12.9. The molecule has 6 nitrogen and oxygen atoms in total. The maximum absolute atomic E-state index is 12.9. The Labute approximate surface area is 186 Å². The number of hydrogen-bond donors (Lipinski definition) is 0.